The second kappa shape index (κ2) is 7.99. The van der Waals surface area contributed by atoms with Crippen LogP contribution in [0, 0.1) is 6.92 Å². The highest BCUT2D eigenvalue weighted by Crippen LogP contribution is 2.27. The van der Waals surface area contributed by atoms with Crippen molar-refractivity contribution in [1.29, 1.82) is 0 Å². The SMILES string of the molecule is CC(=O)c1c[nH]c(C(=O)O[C@@H](C)C(=O)Nc2c(C)cccc2C(C)C)c1. The standard InChI is InChI=1S/C20H24N2O4/c1-11(2)16-8-6-7-12(3)18(16)22-19(24)14(5)26-20(25)17-9-15(10-21-17)13(4)23/h6-11,14,21H,1-5H3,(H,22,24)/t14-/m0/s1. The smallest absolute Gasteiger partial charge is 0.355 e. The fourth-order valence-electron chi connectivity index (χ4n) is 2.56. The molecule has 0 saturated carbocycles. The van der Waals surface area contributed by atoms with Gasteiger partial charge >= 0.3 is 5.97 Å². The maximum Gasteiger partial charge on any atom is 0.355 e. The number of aryl methyl sites for hydroxylation is 1. The Bertz CT molecular complexity index is 836. The van der Waals surface area contributed by atoms with Gasteiger partial charge in [-0.1, -0.05) is 32.0 Å². The van der Waals surface area contributed by atoms with Crippen molar-refractivity contribution < 1.29 is 19.1 Å². The molecule has 0 bridgehead atoms. The molecule has 26 heavy (non-hydrogen) atoms. The Morgan fingerprint density at radius 1 is 1.15 bits per heavy atom. The summed E-state index contributed by atoms with van der Waals surface area (Å²) < 4.78 is 5.21. The summed E-state index contributed by atoms with van der Waals surface area (Å²) in [6.07, 6.45) is 0.456. The highest BCUT2D eigenvalue weighted by atomic mass is 16.5. The molecule has 0 fully saturated rings. The third kappa shape index (κ3) is 4.39. The van der Waals surface area contributed by atoms with Gasteiger partial charge in [-0.05, 0) is 43.9 Å². The number of aromatic nitrogens is 1. The molecule has 6 nitrogen and oxygen atoms in total. The lowest BCUT2D eigenvalue weighted by Gasteiger charge is -2.18. The third-order valence-corrected chi connectivity index (χ3v) is 4.14. The van der Waals surface area contributed by atoms with E-state index in [1.54, 1.807) is 0 Å². The molecule has 2 aromatic rings. The van der Waals surface area contributed by atoms with Crippen molar-refractivity contribution in [1.82, 2.24) is 4.98 Å². The van der Waals surface area contributed by atoms with Crippen LogP contribution in [0.1, 0.15) is 65.6 Å². The molecule has 2 N–H and O–H groups in total. The van der Waals surface area contributed by atoms with Crippen LogP contribution in [0.15, 0.2) is 30.5 Å². The second-order valence-corrected chi connectivity index (χ2v) is 6.59. The maximum absolute atomic E-state index is 12.5. The average Bonchev–Trinajstić information content (AvgIpc) is 3.06. The van der Waals surface area contributed by atoms with E-state index in [4.69, 9.17) is 4.74 Å². The summed E-state index contributed by atoms with van der Waals surface area (Å²) in [7, 11) is 0. The van der Waals surface area contributed by atoms with Gasteiger partial charge in [-0.25, -0.2) is 4.79 Å². The van der Waals surface area contributed by atoms with Gasteiger partial charge in [0.05, 0.1) is 0 Å². The van der Waals surface area contributed by atoms with E-state index in [-0.39, 0.29) is 17.4 Å². The number of nitrogens with one attached hydrogen (secondary N) is 2. The normalized spacial score (nSPS) is 11.9. The molecule has 1 aromatic heterocycles. The molecule has 0 unspecified atom stereocenters. The van der Waals surface area contributed by atoms with Gasteiger partial charge < -0.3 is 15.0 Å². The number of ether oxygens (including phenoxy) is 1. The van der Waals surface area contributed by atoms with Crippen LogP contribution in [0.5, 0.6) is 0 Å². The number of carbonyl (C=O) groups excluding carboxylic acids is 3. The molecule has 6 heteroatoms. The minimum atomic E-state index is -0.980. The predicted molar refractivity (Wildman–Crippen MR) is 99.6 cm³/mol. The highest BCUT2D eigenvalue weighted by Gasteiger charge is 2.22. The van der Waals surface area contributed by atoms with E-state index in [2.05, 4.69) is 10.3 Å². The Morgan fingerprint density at radius 2 is 1.85 bits per heavy atom. The molecule has 138 valence electrons. The number of aromatic amines is 1. The topological polar surface area (TPSA) is 88.3 Å². The van der Waals surface area contributed by atoms with Crippen LogP contribution in [0.3, 0.4) is 0 Å². The number of hydrogen-bond acceptors (Lipinski definition) is 4. The van der Waals surface area contributed by atoms with Gasteiger partial charge in [0.25, 0.3) is 5.91 Å². The van der Waals surface area contributed by atoms with E-state index in [1.165, 1.54) is 26.1 Å². The number of carbonyl (C=O) groups is 3. The molecule has 0 aliphatic heterocycles. The van der Waals surface area contributed by atoms with E-state index < -0.39 is 18.0 Å². The second-order valence-electron chi connectivity index (χ2n) is 6.59. The van der Waals surface area contributed by atoms with Crippen LogP contribution in [0.2, 0.25) is 0 Å². The zero-order valence-electron chi connectivity index (χ0n) is 15.7. The monoisotopic (exact) mass is 356 g/mol. The molecule has 0 radical (unpaired) electrons. The van der Waals surface area contributed by atoms with Crippen LogP contribution < -0.4 is 5.32 Å². The minimum Gasteiger partial charge on any atom is -0.448 e. The molecule has 0 spiro atoms. The van der Waals surface area contributed by atoms with Gasteiger partial charge in [-0.15, -0.1) is 0 Å². The Hall–Kier alpha value is -2.89. The summed E-state index contributed by atoms with van der Waals surface area (Å²) in [4.78, 5) is 38.6. The van der Waals surface area contributed by atoms with Crippen molar-refractivity contribution in [3.63, 3.8) is 0 Å². The molecule has 2 rings (SSSR count). The summed E-state index contributed by atoms with van der Waals surface area (Å²) in [5.74, 6) is -1.01. The molecule has 0 aliphatic rings. The van der Waals surface area contributed by atoms with E-state index in [0.29, 0.717) is 5.56 Å². The number of Topliss-reactive ketones (excluding diaryl/α,β-unsaturated/α-hetero) is 1. The molecule has 1 heterocycles. The first-order valence-electron chi connectivity index (χ1n) is 8.51. The van der Waals surface area contributed by atoms with E-state index in [9.17, 15) is 14.4 Å². The van der Waals surface area contributed by atoms with Crippen molar-refractivity contribution in [2.75, 3.05) is 5.32 Å². The molecular formula is C20H24N2O4. The van der Waals surface area contributed by atoms with Gasteiger partial charge in [-0.2, -0.15) is 0 Å². The number of esters is 1. The number of hydrogen-bond donors (Lipinski definition) is 2. The maximum atomic E-state index is 12.5. The Kier molecular flexibility index (Phi) is 5.97. The number of benzene rings is 1. The van der Waals surface area contributed by atoms with Crippen molar-refractivity contribution in [3.8, 4) is 0 Å². The molecule has 0 aliphatic carbocycles. The first kappa shape index (κ1) is 19.4. The van der Waals surface area contributed by atoms with Gasteiger partial charge in [-0.3, -0.25) is 9.59 Å². The first-order valence-corrected chi connectivity index (χ1v) is 8.51. The highest BCUT2D eigenvalue weighted by molar-refractivity contribution is 5.99. The lowest BCUT2D eigenvalue weighted by atomic mass is 9.98. The predicted octanol–water partition coefficient (Wildman–Crippen LogP) is 3.83. The fourth-order valence-corrected chi connectivity index (χ4v) is 2.56. The van der Waals surface area contributed by atoms with Gasteiger partial charge in [0, 0.05) is 17.4 Å². The van der Waals surface area contributed by atoms with Gasteiger partial charge in [0.2, 0.25) is 0 Å². The van der Waals surface area contributed by atoms with Crippen LogP contribution in [0.25, 0.3) is 0 Å². The van der Waals surface area contributed by atoms with Crippen molar-refractivity contribution in [3.05, 3.63) is 52.8 Å². The molecule has 1 amide bonds. The zero-order chi connectivity index (χ0) is 19.4. The largest absolute Gasteiger partial charge is 0.448 e. The van der Waals surface area contributed by atoms with Crippen LogP contribution in [0.4, 0.5) is 5.69 Å². The summed E-state index contributed by atoms with van der Waals surface area (Å²) in [6.45, 7) is 8.93. The van der Waals surface area contributed by atoms with Gasteiger partial charge in [0.1, 0.15) is 5.69 Å². The molecule has 1 atom stereocenters. The Labute approximate surface area is 152 Å². The Balaban J connectivity index is 2.08. The molecular weight excluding hydrogens is 332 g/mol. The third-order valence-electron chi connectivity index (χ3n) is 4.14. The van der Waals surface area contributed by atoms with Crippen molar-refractivity contribution >= 4 is 23.3 Å². The number of H-pyrrole nitrogens is 1. The first-order chi connectivity index (χ1) is 12.2. The van der Waals surface area contributed by atoms with Crippen LogP contribution in [-0.4, -0.2) is 28.7 Å². The quantitative estimate of drug-likeness (QED) is 0.608. The average molecular weight is 356 g/mol. The fraction of sp³-hybridized carbons (Fsp3) is 0.350. The van der Waals surface area contributed by atoms with Crippen LogP contribution >= 0.6 is 0 Å². The summed E-state index contributed by atoms with van der Waals surface area (Å²) in [6, 6.07) is 7.24. The lowest BCUT2D eigenvalue weighted by molar-refractivity contribution is -0.123. The minimum absolute atomic E-state index is 0.133. The molecule has 0 saturated heterocycles. The Morgan fingerprint density at radius 3 is 2.42 bits per heavy atom. The molecule has 1 aromatic carbocycles. The van der Waals surface area contributed by atoms with Crippen LogP contribution in [-0.2, 0) is 9.53 Å². The van der Waals surface area contributed by atoms with E-state index in [1.807, 2.05) is 39.0 Å². The number of amides is 1. The number of rotatable bonds is 6. The zero-order valence-corrected chi connectivity index (χ0v) is 15.7. The van der Waals surface area contributed by atoms with Crippen molar-refractivity contribution in [2.45, 2.75) is 46.6 Å². The number of ketones is 1. The van der Waals surface area contributed by atoms with Gasteiger partial charge in [0.15, 0.2) is 11.9 Å². The lowest BCUT2D eigenvalue weighted by Crippen LogP contribution is -2.30. The summed E-state index contributed by atoms with van der Waals surface area (Å²) in [5, 5.41) is 2.86. The summed E-state index contributed by atoms with van der Waals surface area (Å²) >= 11 is 0. The van der Waals surface area contributed by atoms with Crippen molar-refractivity contribution in [2.24, 2.45) is 0 Å². The number of para-hydroxylation sites is 1. The van der Waals surface area contributed by atoms with E-state index >= 15 is 0 Å². The number of anilines is 1. The van der Waals surface area contributed by atoms with E-state index in [0.717, 1.165) is 16.8 Å². The summed E-state index contributed by atoms with van der Waals surface area (Å²) in [5.41, 5.74) is 3.23.